The molecular weight excluding hydrogens is 277 g/mol. The second kappa shape index (κ2) is 6.58. The number of nitrogens with two attached hydrogens (primary N) is 2. The van der Waals surface area contributed by atoms with E-state index in [0.717, 1.165) is 28.9 Å². The van der Waals surface area contributed by atoms with Gasteiger partial charge in [-0.3, -0.25) is 0 Å². The molecule has 0 bridgehead atoms. The fraction of sp³-hybridized carbons (Fsp3) is 0.214. The van der Waals surface area contributed by atoms with Crippen LogP contribution in [-0.4, -0.2) is 12.6 Å². The predicted octanol–water partition coefficient (Wildman–Crippen LogP) is 2.31. The number of carbonyl (C=O) groups excluding carboxylic acids is 1. The van der Waals surface area contributed by atoms with E-state index in [2.05, 4.69) is 5.32 Å². The van der Waals surface area contributed by atoms with E-state index in [1.54, 1.807) is 12.1 Å². The second-order valence-corrected chi connectivity index (χ2v) is 5.39. The first-order chi connectivity index (χ1) is 9.60. The van der Waals surface area contributed by atoms with Crippen LogP contribution in [0.4, 0.5) is 9.18 Å². The van der Waals surface area contributed by atoms with Crippen LogP contribution in [-0.2, 0) is 6.42 Å². The minimum absolute atomic E-state index is 0.274. The minimum atomic E-state index is -0.645. The Morgan fingerprint density at radius 1 is 1.50 bits per heavy atom. The Bertz CT molecular complexity index is 584. The number of halogens is 1. The molecule has 6 heteroatoms. The third kappa shape index (κ3) is 3.61. The van der Waals surface area contributed by atoms with Crippen molar-refractivity contribution < 1.29 is 9.18 Å². The van der Waals surface area contributed by atoms with Crippen LogP contribution in [0.25, 0.3) is 4.91 Å². The van der Waals surface area contributed by atoms with Crippen molar-refractivity contribution in [3.05, 3.63) is 52.3 Å². The van der Waals surface area contributed by atoms with Crippen molar-refractivity contribution >= 4 is 22.7 Å². The fourth-order valence-corrected chi connectivity index (χ4v) is 3.10. The molecule has 0 radical (unpaired) electrons. The molecule has 1 aliphatic rings. The summed E-state index contributed by atoms with van der Waals surface area (Å²) in [5, 5.41) is 3.08. The summed E-state index contributed by atoms with van der Waals surface area (Å²) >= 11 is 1.33. The summed E-state index contributed by atoms with van der Waals surface area (Å²) in [4.78, 5) is 11.9. The van der Waals surface area contributed by atoms with Gasteiger partial charge in [-0.05, 0) is 42.2 Å². The van der Waals surface area contributed by atoms with Gasteiger partial charge < -0.3 is 16.8 Å². The normalized spacial score (nSPS) is 14.5. The fourth-order valence-electron chi connectivity index (χ4n) is 2.03. The lowest BCUT2D eigenvalue weighted by Crippen LogP contribution is -2.28. The van der Waals surface area contributed by atoms with Gasteiger partial charge >= 0.3 is 6.03 Å². The molecule has 5 N–H and O–H groups in total. The van der Waals surface area contributed by atoms with Crippen LogP contribution in [0.5, 0.6) is 0 Å². The molecule has 2 amide bonds. The lowest BCUT2D eigenvalue weighted by atomic mass is 9.97. The Morgan fingerprint density at radius 3 is 3.00 bits per heavy atom. The van der Waals surface area contributed by atoms with E-state index in [0.29, 0.717) is 5.03 Å². The topological polar surface area (TPSA) is 81.1 Å². The van der Waals surface area contributed by atoms with Gasteiger partial charge in [0.15, 0.2) is 0 Å². The standard InChI is InChI=1S/C14H16FN3OS/c15-10-5-4-9-2-1-3-12(11(9)8-10)20-13(6-7-16)18-14(17)19/h3-6,8H,1-2,7,16H2,(H3,17,18,19)/b13-6+. The van der Waals surface area contributed by atoms with Gasteiger partial charge in [0, 0.05) is 11.4 Å². The van der Waals surface area contributed by atoms with E-state index in [9.17, 15) is 9.18 Å². The summed E-state index contributed by atoms with van der Waals surface area (Å²) in [5.74, 6) is -0.274. The molecule has 0 saturated carbocycles. The van der Waals surface area contributed by atoms with Crippen LogP contribution in [0.3, 0.4) is 0 Å². The lowest BCUT2D eigenvalue weighted by Gasteiger charge is -2.18. The van der Waals surface area contributed by atoms with Crippen molar-refractivity contribution in [3.63, 3.8) is 0 Å². The SMILES string of the molecule is NC/C=C(\NC(N)=O)SC1=CCCc2ccc(F)cc21. The number of rotatable bonds is 4. The van der Waals surface area contributed by atoms with Crippen LogP contribution in [0, 0.1) is 5.82 Å². The Balaban J connectivity index is 2.25. The Morgan fingerprint density at radius 2 is 2.30 bits per heavy atom. The average Bonchev–Trinajstić information content (AvgIpc) is 2.39. The van der Waals surface area contributed by atoms with Gasteiger partial charge in [-0.1, -0.05) is 23.9 Å². The predicted molar refractivity (Wildman–Crippen MR) is 80.1 cm³/mol. The van der Waals surface area contributed by atoms with Crippen LogP contribution in [0.1, 0.15) is 17.5 Å². The molecule has 0 spiro atoms. The van der Waals surface area contributed by atoms with Crippen LogP contribution in [0.2, 0.25) is 0 Å². The molecule has 1 aliphatic carbocycles. The van der Waals surface area contributed by atoms with Crippen molar-refractivity contribution in [2.45, 2.75) is 12.8 Å². The number of primary amides is 1. The third-order valence-electron chi connectivity index (χ3n) is 2.85. The quantitative estimate of drug-likeness (QED) is 0.797. The summed E-state index contributed by atoms with van der Waals surface area (Å²) in [5.41, 5.74) is 12.5. The third-order valence-corrected chi connectivity index (χ3v) is 3.95. The number of hydrogen-bond donors (Lipinski definition) is 3. The van der Waals surface area contributed by atoms with Crippen LogP contribution in [0.15, 0.2) is 35.4 Å². The molecule has 1 aromatic carbocycles. The van der Waals surface area contributed by atoms with Crippen molar-refractivity contribution in [1.82, 2.24) is 5.32 Å². The van der Waals surface area contributed by atoms with Gasteiger partial charge in [0.1, 0.15) is 5.82 Å². The lowest BCUT2D eigenvalue weighted by molar-refractivity contribution is 0.252. The van der Waals surface area contributed by atoms with Gasteiger partial charge in [-0.25, -0.2) is 9.18 Å². The largest absolute Gasteiger partial charge is 0.351 e. The van der Waals surface area contributed by atoms with Crippen molar-refractivity contribution in [2.75, 3.05) is 6.54 Å². The highest BCUT2D eigenvalue weighted by molar-refractivity contribution is 8.11. The zero-order chi connectivity index (χ0) is 14.5. The highest BCUT2D eigenvalue weighted by Crippen LogP contribution is 2.38. The molecule has 0 aliphatic heterocycles. The van der Waals surface area contributed by atoms with Gasteiger partial charge in [-0.15, -0.1) is 0 Å². The second-order valence-electron chi connectivity index (χ2n) is 4.30. The van der Waals surface area contributed by atoms with E-state index < -0.39 is 6.03 Å². The molecule has 20 heavy (non-hydrogen) atoms. The molecular formula is C14H16FN3OS. The van der Waals surface area contributed by atoms with E-state index in [1.807, 2.05) is 6.08 Å². The van der Waals surface area contributed by atoms with E-state index in [4.69, 9.17) is 11.5 Å². The Labute approximate surface area is 121 Å². The van der Waals surface area contributed by atoms with Gasteiger partial charge in [-0.2, -0.15) is 0 Å². The summed E-state index contributed by atoms with van der Waals surface area (Å²) in [6, 6.07) is 4.13. The smallest absolute Gasteiger partial charge is 0.317 e. The number of nitrogens with one attached hydrogen (secondary N) is 1. The molecule has 106 valence electrons. The summed E-state index contributed by atoms with van der Waals surface area (Å²) in [7, 11) is 0. The number of allylic oxidation sites excluding steroid dienone is 1. The maximum atomic E-state index is 13.4. The van der Waals surface area contributed by atoms with E-state index in [-0.39, 0.29) is 12.4 Å². The number of fused-ring (bicyclic) bond motifs is 1. The number of thioether (sulfide) groups is 1. The van der Waals surface area contributed by atoms with E-state index in [1.165, 1.54) is 23.9 Å². The number of urea groups is 1. The molecule has 4 nitrogen and oxygen atoms in total. The molecule has 1 aromatic rings. The molecule has 0 heterocycles. The molecule has 0 unspecified atom stereocenters. The van der Waals surface area contributed by atoms with Crippen molar-refractivity contribution in [3.8, 4) is 0 Å². The van der Waals surface area contributed by atoms with Crippen molar-refractivity contribution in [1.29, 1.82) is 0 Å². The zero-order valence-electron chi connectivity index (χ0n) is 10.9. The maximum absolute atomic E-state index is 13.4. The minimum Gasteiger partial charge on any atom is -0.351 e. The zero-order valence-corrected chi connectivity index (χ0v) is 11.7. The van der Waals surface area contributed by atoms with Crippen LogP contribution < -0.4 is 16.8 Å². The number of amides is 2. The van der Waals surface area contributed by atoms with Gasteiger partial charge in [0.2, 0.25) is 0 Å². The molecule has 2 rings (SSSR count). The van der Waals surface area contributed by atoms with Gasteiger partial charge in [0.25, 0.3) is 0 Å². The number of aryl methyl sites for hydroxylation is 1. The maximum Gasteiger partial charge on any atom is 0.317 e. The Hall–Kier alpha value is -1.79. The van der Waals surface area contributed by atoms with Crippen molar-refractivity contribution in [2.24, 2.45) is 11.5 Å². The Kier molecular flexibility index (Phi) is 4.81. The highest BCUT2D eigenvalue weighted by atomic mass is 32.2. The summed E-state index contributed by atoms with van der Waals surface area (Å²) in [6.07, 6.45) is 5.47. The average molecular weight is 293 g/mol. The molecule has 0 fully saturated rings. The molecule has 0 saturated heterocycles. The number of carbonyl (C=O) groups is 1. The summed E-state index contributed by atoms with van der Waals surface area (Å²) in [6.45, 7) is 0.284. The first kappa shape index (κ1) is 14.6. The number of hydrogen-bond acceptors (Lipinski definition) is 3. The molecule has 0 aromatic heterocycles. The number of benzene rings is 1. The first-order valence-corrected chi connectivity index (χ1v) is 7.05. The first-order valence-electron chi connectivity index (χ1n) is 6.23. The highest BCUT2D eigenvalue weighted by Gasteiger charge is 2.16. The monoisotopic (exact) mass is 293 g/mol. The van der Waals surface area contributed by atoms with E-state index >= 15 is 0 Å². The van der Waals surface area contributed by atoms with Crippen LogP contribution >= 0.6 is 11.8 Å². The molecule has 0 atom stereocenters. The van der Waals surface area contributed by atoms with Gasteiger partial charge in [0.05, 0.1) is 5.03 Å². The summed E-state index contributed by atoms with van der Waals surface area (Å²) < 4.78 is 13.4.